The van der Waals surface area contributed by atoms with Crippen molar-refractivity contribution in [2.45, 2.75) is 13.8 Å². The van der Waals surface area contributed by atoms with Gasteiger partial charge in [-0.25, -0.2) is 0 Å². The molecule has 0 amide bonds. The third-order valence-corrected chi connectivity index (χ3v) is 3.29. The third-order valence-electron chi connectivity index (χ3n) is 3.29. The normalized spacial score (nSPS) is 14.9. The molecule has 1 aliphatic rings. The van der Waals surface area contributed by atoms with Crippen molar-refractivity contribution in [2.75, 3.05) is 0 Å². The Hall–Kier alpha value is -1.56. The second kappa shape index (κ2) is 3.48. The molecular weight excluding hydrogens is 192 g/mol. The van der Waals surface area contributed by atoms with Gasteiger partial charge in [-0.3, -0.25) is 0 Å². The smallest absolute Gasteiger partial charge is 0.0299 e. The van der Waals surface area contributed by atoms with Gasteiger partial charge in [0.25, 0.3) is 0 Å². The van der Waals surface area contributed by atoms with Gasteiger partial charge >= 0.3 is 0 Å². The van der Waals surface area contributed by atoms with E-state index in [4.69, 9.17) is 0 Å². The van der Waals surface area contributed by atoms with Crippen molar-refractivity contribution in [3.05, 3.63) is 59.5 Å². The second-order valence-electron chi connectivity index (χ2n) is 4.73. The Bertz CT molecular complexity index is 561. The highest BCUT2D eigenvalue weighted by Crippen LogP contribution is 2.36. The highest BCUT2D eigenvalue weighted by Gasteiger charge is 2.21. The fraction of sp³-hybridized carbons (Fsp3) is 0.188. The van der Waals surface area contributed by atoms with Crippen LogP contribution in [0.1, 0.15) is 25.0 Å². The van der Waals surface area contributed by atoms with Crippen molar-refractivity contribution in [3.63, 3.8) is 0 Å². The summed E-state index contributed by atoms with van der Waals surface area (Å²) in [5, 5.41) is 2.67. The molecule has 0 atom stereocenters. The fourth-order valence-corrected chi connectivity index (χ4v) is 2.42. The summed E-state index contributed by atoms with van der Waals surface area (Å²) in [6, 6.07) is 13.2. The zero-order chi connectivity index (χ0) is 11.1. The zero-order valence-electron chi connectivity index (χ0n) is 9.70. The SMILES string of the molecule is CC(C)[C]1C=Cc2cc3ccccc3cc21. The van der Waals surface area contributed by atoms with Crippen LogP contribution in [0.3, 0.4) is 0 Å². The molecule has 3 rings (SSSR count). The molecule has 0 aromatic heterocycles. The summed E-state index contributed by atoms with van der Waals surface area (Å²) >= 11 is 0. The van der Waals surface area contributed by atoms with E-state index < -0.39 is 0 Å². The van der Waals surface area contributed by atoms with Crippen molar-refractivity contribution < 1.29 is 0 Å². The number of benzene rings is 2. The fourth-order valence-electron chi connectivity index (χ4n) is 2.42. The van der Waals surface area contributed by atoms with Crippen LogP contribution >= 0.6 is 0 Å². The van der Waals surface area contributed by atoms with Gasteiger partial charge in [0, 0.05) is 5.92 Å². The molecule has 0 heterocycles. The van der Waals surface area contributed by atoms with Crippen LogP contribution in [0.4, 0.5) is 0 Å². The Morgan fingerprint density at radius 3 is 2.25 bits per heavy atom. The van der Waals surface area contributed by atoms with Crippen LogP contribution in [0.2, 0.25) is 0 Å². The van der Waals surface area contributed by atoms with Crippen molar-refractivity contribution in [3.8, 4) is 0 Å². The quantitative estimate of drug-likeness (QED) is 0.648. The molecule has 2 aromatic rings. The maximum Gasteiger partial charge on any atom is 0.0299 e. The summed E-state index contributed by atoms with van der Waals surface area (Å²) in [5.41, 5.74) is 2.77. The highest BCUT2D eigenvalue weighted by atomic mass is 14.2. The van der Waals surface area contributed by atoms with Gasteiger partial charge in [0.1, 0.15) is 0 Å². The van der Waals surface area contributed by atoms with Crippen LogP contribution in [0, 0.1) is 11.8 Å². The first-order valence-electron chi connectivity index (χ1n) is 5.84. The number of rotatable bonds is 1. The van der Waals surface area contributed by atoms with E-state index in [0.717, 1.165) is 0 Å². The number of hydrogen-bond acceptors (Lipinski definition) is 0. The average molecular weight is 207 g/mol. The molecule has 0 saturated carbocycles. The Morgan fingerprint density at radius 1 is 0.875 bits per heavy atom. The third kappa shape index (κ3) is 1.37. The first kappa shape index (κ1) is 9.65. The predicted octanol–water partition coefficient (Wildman–Crippen LogP) is 4.45. The Kier molecular flexibility index (Phi) is 2.10. The lowest BCUT2D eigenvalue weighted by molar-refractivity contribution is 0.725. The van der Waals surface area contributed by atoms with Crippen molar-refractivity contribution >= 4 is 16.8 Å². The van der Waals surface area contributed by atoms with Crippen molar-refractivity contribution in [2.24, 2.45) is 5.92 Å². The molecule has 79 valence electrons. The van der Waals surface area contributed by atoms with E-state index in [2.05, 4.69) is 62.4 Å². The standard InChI is InChI=1S/C16H15/c1-11(2)15-8-7-14-9-12-5-3-4-6-13(12)10-16(14)15/h3-11H,1-2H3. The van der Waals surface area contributed by atoms with Crippen LogP contribution in [0.25, 0.3) is 16.8 Å². The minimum Gasteiger partial charge on any atom is -0.0719 e. The van der Waals surface area contributed by atoms with E-state index in [1.807, 2.05) is 0 Å². The van der Waals surface area contributed by atoms with Gasteiger partial charge in [-0.05, 0) is 39.9 Å². The molecule has 16 heavy (non-hydrogen) atoms. The predicted molar refractivity (Wildman–Crippen MR) is 70.2 cm³/mol. The van der Waals surface area contributed by atoms with Gasteiger partial charge < -0.3 is 0 Å². The van der Waals surface area contributed by atoms with E-state index in [0.29, 0.717) is 5.92 Å². The first-order chi connectivity index (χ1) is 7.75. The summed E-state index contributed by atoms with van der Waals surface area (Å²) in [6.45, 7) is 4.51. The summed E-state index contributed by atoms with van der Waals surface area (Å²) in [6.07, 6.45) is 4.49. The minimum atomic E-state index is 0.596. The molecule has 2 aromatic carbocycles. The van der Waals surface area contributed by atoms with Gasteiger partial charge in [-0.15, -0.1) is 0 Å². The van der Waals surface area contributed by atoms with Gasteiger partial charge in [-0.2, -0.15) is 0 Å². The molecule has 1 radical (unpaired) electrons. The van der Waals surface area contributed by atoms with Crippen LogP contribution in [0.5, 0.6) is 0 Å². The highest BCUT2D eigenvalue weighted by molar-refractivity contribution is 5.88. The van der Waals surface area contributed by atoms with Crippen LogP contribution < -0.4 is 0 Å². The monoisotopic (exact) mass is 207 g/mol. The summed E-state index contributed by atoms with van der Waals surface area (Å²) in [7, 11) is 0. The summed E-state index contributed by atoms with van der Waals surface area (Å²) in [4.78, 5) is 0. The summed E-state index contributed by atoms with van der Waals surface area (Å²) < 4.78 is 0. The lowest BCUT2D eigenvalue weighted by Gasteiger charge is -2.14. The maximum absolute atomic E-state index is 2.32. The lowest BCUT2D eigenvalue weighted by atomic mass is 9.89. The molecule has 0 unspecified atom stereocenters. The topological polar surface area (TPSA) is 0 Å². The zero-order valence-corrected chi connectivity index (χ0v) is 9.70. The molecule has 0 saturated heterocycles. The molecule has 0 heteroatoms. The molecule has 0 aliphatic heterocycles. The maximum atomic E-state index is 2.32. The molecule has 0 spiro atoms. The van der Waals surface area contributed by atoms with Crippen molar-refractivity contribution in [1.29, 1.82) is 0 Å². The van der Waals surface area contributed by atoms with E-state index in [9.17, 15) is 0 Å². The van der Waals surface area contributed by atoms with Gasteiger partial charge in [0.2, 0.25) is 0 Å². The number of hydrogen-bond donors (Lipinski definition) is 0. The number of allylic oxidation sites excluding steroid dienone is 1. The average Bonchev–Trinajstić information content (AvgIpc) is 2.68. The summed E-state index contributed by atoms with van der Waals surface area (Å²) in [5.74, 6) is 2.06. The van der Waals surface area contributed by atoms with E-state index >= 15 is 0 Å². The molecule has 0 fully saturated rings. The Labute approximate surface area is 96.6 Å². The van der Waals surface area contributed by atoms with Crippen LogP contribution in [-0.4, -0.2) is 0 Å². The molecule has 0 N–H and O–H groups in total. The molecular formula is C16H15. The van der Waals surface area contributed by atoms with Gasteiger partial charge in [0.05, 0.1) is 0 Å². The largest absolute Gasteiger partial charge is 0.0719 e. The Balaban J connectivity index is 2.22. The van der Waals surface area contributed by atoms with Crippen LogP contribution in [-0.2, 0) is 0 Å². The first-order valence-corrected chi connectivity index (χ1v) is 5.84. The van der Waals surface area contributed by atoms with E-state index in [1.165, 1.54) is 27.8 Å². The molecule has 0 bridgehead atoms. The van der Waals surface area contributed by atoms with Crippen molar-refractivity contribution in [1.82, 2.24) is 0 Å². The molecule has 1 aliphatic carbocycles. The minimum absolute atomic E-state index is 0.596. The lowest BCUT2D eigenvalue weighted by Crippen LogP contribution is -2.02. The van der Waals surface area contributed by atoms with Crippen LogP contribution in [0.15, 0.2) is 42.5 Å². The van der Waals surface area contributed by atoms with E-state index in [1.54, 1.807) is 0 Å². The van der Waals surface area contributed by atoms with Gasteiger partial charge in [0.15, 0.2) is 0 Å². The molecule has 0 nitrogen and oxygen atoms in total. The second-order valence-corrected chi connectivity index (χ2v) is 4.73. The Morgan fingerprint density at radius 2 is 1.56 bits per heavy atom. The van der Waals surface area contributed by atoms with Gasteiger partial charge in [-0.1, -0.05) is 50.3 Å². The number of fused-ring (bicyclic) bond motifs is 2. The van der Waals surface area contributed by atoms with E-state index in [-0.39, 0.29) is 0 Å².